The Morgan fingerprint density at radius 3 is 2.78 bits per heavy atom. The van der Waals surface area contributed by atoms with Gasteiger partial charge in [0.2, 0.25) is 0 Å². The first-order valence-electron chi connectivity index (χ1n) is 7.20. The molecule has 3 N–H and O–H groups in total. The molecule has 3 heterocycles. The van der Waals surface area contributed by atoms with Crippen LogP contribution in [0.3, 0.4) is 0 Å². The molecule has 0 amide bonds. The molecule has 23 heavy (non-hydrogen) atoms. The van der Waals surface area contributed by atoms with Gasteiger partial charge in [0.05, 0.1) is 21.6 Å². The van der Waals surface area contributed by atoms with Crippen molar-refractivity contribution in [3.05, 3.63) is 51.9 Å². The number of benzene rings is 1. The predicted molar refractivity (Wildman–Crippen MR) is 94.9 cm³/mol. The van der Waals surface area contributed by atoms with E-state index < -0.39 is 0 Å². The molecule has 0 radical (unpaired) electrons. The van der Waals surface area contributed by atoms with E-state index in [-0.39, 0.29) is 5.56 Å². The summed E-state index contributed by atoms with van der Waals surface area (Å²) in [5.41, 5.74) is 10.4. The molecule has 1 aromatic carbocycles. The molecule has 4 rings (SSSR count). The van der Waals surface area contributed by atoms with Gasteiger partial charge in [-0.15, -0.1) is 11.3 Å². The van der Waals surface area contributed by atoms with E-state index in [0.717, 1.165) is 27.0 Å². The number of nitrogens with zero attached hydrogens (tertiary/aromatic N) is 2. The van der Waals surface area contributed by atoms with E-state index in [1.807, 2.05) is 44.2 Å². The van der Waals surface area contributed by atoms with E-state index >= 15 is 0 Å². The highest BCUT2D eigenvalue weighted by Gasteiger charge is 2.18. The summed E-state index contributed by atoms with van der Waals surface area (Å²) in [5, 5.41) is 0.907. The van der Waals surface area contributed by atoms with Crippen LogP contribution in [0.25, 0.3) is 31.8 Å². The highest BCUT2D eigenvalue weighted by molar-refractivity contribution is 7.22. The summed E-state index contributed by atoms with van der Waals surface area (Å²) >= 11 is 1.41. The highest BCUT2D eigenvalue weighted by Crippen LogP contribution is 2.39. The first-order chi connectivity index (χ1) is 11.0. The number of H-pyrrole nitrogens is 1. The molecule has 0 spiro atoms. The number of anilines is 1. The number of nitrogens with one attached hydrogen (secondary N) is 1. The van der Waals surface area contributed by atoms with Crippen molar-refractivity contribution in [2.24, 2.45) is 0 Å². The standard InChI is InChI=1S/C17H14N4OS/c1-8-7-9(2)19-17-12(8)13(18)15(23-17)14-16(22)21-11-6-4-3-5-10(11)20-14/h3-7H,18H2,1-2H3,(H,21,22). The summed E-state index contributed by atoms with van der Waals surface area (Å²) < 4.78 is 0. The number of nitrogens with two attached hydrogens (primary N) is 1. The summed E-state index contributed by atoms with van der Waals surface area (Å²) in [7, 11) is 0. The normalized spacial score (nSPS) is 11.4. The summed E-state index contributed by atoms with van der Waals surface area (Å²) in [5.74, 6) is 0. The van der Waals surface area contributed by atoms with Crippen LogP contribution in [-0.2, 0) is 0 Å². The van der Waals surface area contributed by atoms with E-state index in [4.69, 9.17) is 5.73 Å². The second-order valence-electron chi connectivity index (χ2n) is 5.54. The van der Waals surface area contributed by atoms with E-state index in [9.17, 15) is 4.79 Å². The molecule has 114 valence electrons. The van der Waals surface area contributed by atoms with Gasteiger partial charge in [-0.3, -0.25) is 4.79 Å². The Bertz CT molecular complexity index is 1130. The molecule has 0 aliphatic carbocycles. The molecule has 0 saturated heterocycles. The Kier molecular flexibility index (Phi) is 2.96. The Balaban J connectivity index is 2.06. The summed E-state index contributed by atoms with van der Waals surface area (Å²) in [6, 6.07) is 9.44. The second-order valence-corrected chi connectivity index (χ2v) is 6.54. The van der Waals surface area contributed by atoms with Crippen molar-refractivity contribution in [2.45, 2.75) is 13.8 Å². The number of aromatic nitrogens is 3. The van der Waals surface area contributed by atoms with Crippen molar-refractivity contribution in [1.29, 1.82) is 0 Å². The highest BCUT2D eigenvalue weighted by atomic mass is 32.1. The first-order valence-corrected chi connectivity index (χ1v) is 8.02. The van der Waals surface area contributed by atoms with Gasteiger partial charge in [-0.1, -0.05) is 12.1 Å². The van der Waals surface area contributed by atoms with Gasteiger partial charge in [-0.05, 0) is 37.6 Å². The third-order valence-corrected chi connectivity index (χ3v) is 4.94. The zero-order valence-electron chi connectivity index (χ0n) is 12.7. The van der Waals surface area contributed by atoms with Crippen LogP contribution in [0.1, 0.15) is 11.3 Å². The summed E-state index contributed by atoms with van der Waals surface area (Å²) in [6.45, 7) is 3.95. The van der Waals surface area contributed by atoms with E-state index in [0.29, 0.717) is 21.8 Å². The quantitative estimate of drug-likeness (QED) is 0.562. The Hall–Kier alpha value is -2.73. The second kappa shape index (κ2) is 4.89. The number of hydrogen-bond donors (Lipinski definition) is 2. The van der Waals surface area contributed by atoms with Gasteiger partial charge in [-0.25, -0.2) is 9.97 Å². The van der Waals surface area contributed by atoms with Gasteiger partial charge in [0, 0.05) is 11.1 Å². The monoisotopic (exact) mass is 322 g/mol. The molecule has 0 aliphatic rings. The lowest BCUT2D eigenvalue weighted by Crippen LogP contribution is -2.11. The smallest absolute Gasteiger partial charge is 0.275 e. The number of hydrogen-bond acceptors (Lipinski definition) is 5. The molecule has 0 atom stereocenters. The maximum absolute atomic E-state index is 12.4. The van der Waals surface area contributed by atoms with Crippen LogP contribution in [0.2, 0.25) is 0 Å². The van der Waals surface area contributed by atoms with E-state index in [2.05, 4.69) is 15.0 Å². The zero-order valence-corrected chi connectivity index (χ0v) is 13.5. The molecule has 0 aliphatic heterocycles. The minimum atomic E-state index is -0.240. The molecule has 6 heteroatoms. The minimum Gasteiger partial charge on any atom is -0.397 e. The fourth-order valence-corrected chi connectivity index (χ4v) is 4.03. The van der Waals surface area contributed by atoms with Gasteiger partial charge >= 0.3 is 0 Å². The van der Waals surface area contributed by atoms with Gasteiger partial charge in [0.15, 0.2) is 0 Å². The van der Waals surface area contributed by atoms with Crippen molar-refractivity contribution in [3.63, 3.8) is 0 Å². The Morgan fingerprint density at radius 2 is 1.96 bits per heavy atom. The molecule has 0 unspecified atom stereocenters. The molecule has 0 saturated carbocycles. The first kappa shape index (κ1) is 13.9. The fraction of sp³-hybridized carbons (Fsp3) is 0.118. The number of fused-ring (bicyclic) bond motifs is 2. The predicted octanol–water partition coefficient (Wildman–Crippen LogP) is 3.40. The minimum absolute atomic E-state index is 0.240. The number of pyridine rings is 1. The molecule has 0 bridgehead atoms. The topological polar surface area (TPSA) is 84.7 Å². The molecule has 5 nitrogen and oxygen atoms in total. The molecule has 4 aromatic rings. The van der Waals surface area contributed by atoms with E-state index in [1.54, 1.807) is 0 Å². The average molecular weight is 322 g/mol. The number of para-hydroxylation sites is 2. The third-order valence-electron chi connectivity index (χ3n) is 3.84. The largest absolute Gasteiger partial charge is 0.397 e. The SMILES string of the molecule is Cc1cc(C)c2c(N)c(-c3nc4ccccc4[nH]c3=O)sc2n1. The Labute approximate surface area is 135 Å². The maximum atomic E-state index is 12.4. The molecule has 3 aromatic heterocycles. The van der Waals surface area contributed by atoms with Crippen LogP contribution in [0.4, 0.5) is 5.69 Å². The summed E-state index contributed by atoms with van der Waals surface area (Å²) in [6.07, 6.45) is 0. The summed E-state index contributed by atoms with van der Waals surface area (Å²) in [4.78, 5) is 25.9. The zero-order chi connectivity index (χ0) is 16.1. The average Bonchev–Trinajstić information content (AvgIpc) is 2.83. The van der Waals surface area contributed by atoms with Crippen LogP contribution >= 0.6 is 11.3 Å². The van der Waals surface area contributed by atoms with Gasteiger partial charge < -0.3 is 10.7 Å². The number of aryl methyl sites for hydroxylation is 2. The third kappa shape index (κ3) is 2.10. The van der Waals surface area contributed by atoms with Crippen molar-refractivity contribution >= 4 is 38.3 Å². The van der Waals surface area contributed by atoms with Gasteiger partial charge in [-0.2, -0.15) is 0 Å². The lowest BCUT2D eigenvalue weighted by Gasteiger charge is -2.02. The maximum Gasteiger partial charge on any atom is 0.275 e. The fourth-order valence-electron chi connectivity index (χ4n) is 2.83. The van der Waals surface area contributed by atoms with Crippen LogP contribution < -0.4 is 11.3 Å². The lowest BCUT2D eigenvalue weighted by molar-refractivity contribution is 1.23. The molecule has 0 fully saturated rings. The number of rotatable bonds is 1. The molecular weight excluding hydrogens is 308 g/mol. The van der Waals surface area contributed by atoms with Crippen molar-refractivity contribution in [3.8, 4) is 10.6 Å². The van der Waals surface area contributed by atoms with Crippen LogP contribution in [0, 0.1) is 13.8 Å². The van der Waals surface area contributed by atoms with Crippen LogP contribution in [-0.4, -0.2) is 15.0 Å². The van der Waals surface area contributed by atoms with Gasteiger partial charge in [0.1, 0.15) is 10.5 Å². The van der Waals surface area contributed by atoms with Crippen molar-refractivity contribution in [1.82, 2.24) is 15.0 Å². The Morgan fingerprint density at radius 1 is 1.17 bits per heavy atom. The van der Waals surface area contributed by atoms with Crippen LogP contribution in [0.5, 0.6) is 0 Å². The van der Waals surface area contributed by atoms with Gasteiger partial charge in [0.25, 0.3) is 5.56 Å². The van der Waals surface area contributed by atoms with Crippen molar-refractivity contribution < 1.29 is 0 Å². The lowest BCUT2D eigenvalue weighted by atomic mass is 10.1. The van der Waals surface area contributed by atoms with Crippen molar-refractivity contribution in [2.75, 3.05) is 5.73 Å². The number of thiophene rings is 1. The number of nitrogen functional groups attached to an aromatic ring is 1. The van der Waals surface area contributed by atoms with Crippen LogP contribution in [0.15, 0.2) is 35.1 Å². The van der Waals surface area contributed by atoms with E-state index in [1.165, 1.54) is 11.3 Å². The number of aromatic amines is 1. The molecular formula is C17H14N4OS.